The molecule has 1 atom stereocenters. The van der Waals surface area contributed by atoms with Gasteiger partial charge in [-0.15, -0.1) is 0 Å². The summed E-state index contributed by atoms with van der Waals surface area (Å²) in [6.07, 6.45) is 0.958. The predicted molar refractivity (Wildman–Crippen MR) is 87.6 cm³/mol. The Morgan fingerprint density at radius 1 is 1.05 bits per heavy atom. The Morgan fingerprint density at radius 3 is 2.55 bits per heavy atom. The van der Waals surface area contributed by atoms with Gasteiger partial charge in [0.05, 0.1) is 0 Å². The fraction of sp³-hybridized carbons (Fsp3) is 0.294. The van der Waals surface area contributed by atoms with E-state index < -0.39 is 0 Å². The van der Waals surface area contributed by atoms with Crippen LogP contribution in [-0.2, 0) is 13.0 Å². The van der Waals surface area contributed by atoms with Crippen LogP contribution in [-0.4, -0.2) is 6.04 Å². The van der Waals surface area contributed by atoms with Crippen LogP contribution in [0.5, 0.6) is 0 Å². The highest BCUT2D eigenvalue weighted by Crippen LogP contribution is 2.17. The molecule has 2 aromatic rings. The standard InChI is InChI=1S/C17H19Cl2N/c1-12-6-7-15(10-17(12)19)11-20-13(2)8-14-4-3-5-16(18)9-14/h3-7,9-10,13,20H,8,11H2,1-2H3. The molecular formula is C17H19Cl2N. The Bertz CT molecular complexity index is 581. The molecule has 0 aliphatic rings. The molecule has 0 amide bonds. The molecular weight excluding hydrogens is 289 g/mol. The minimum Gasteiger partial charge on any atom is -0.310 e. The zero-order chi connectivity index (χ0) is 14.5. The highest BCUT2D eigenvalue weighted by molar-refractivity contribution is 6.31. The molecule has 2 rings (SSSR count). The summed E-state index contributed by atoms with van der Waals surface area (Å²) < 4.78 is 0. The van der Waals surface area contributed by atoms with Gasteiger partial charge in [-0.1, -0.05) is 47.5 Å². The molecule has 1 N–H and O–H groups in total. The average Bonchev–Trinajstić information content (AvgIpc) is 2.40. The second-order valence-corrected chi connectivity index (χ2v) is 6.04. The Balaban J connectivity index is 1.88. The molecule has 0 saturated carbocycles. The van der Waals surface area contributed by atoms with Crippen LogP contribution in [0.15, 0.2) is 42.5 Å². The van der Waals surface area contributed by atoms with E-state index >= 15 is 0 Å². The number of halogens is 2. The van der Waals surface area contributed by atoms with Gasteiger partial charge in [-0.25, -0.2) is 0 Å². The van der Waals surface area contributed by atoms with E-state index in [1.807, 2.05) is 31.2 Å². The smallest absolute Gasteiger partial charge is 0.0438 e. The maximum Gasteiger partial charge on any atom is 0.0438 e. The number of nitrogens with one attached hydrogen (secondary N) is 1. The van der Waals surface area contributed by atoms with Gasteiger partial charge in [-0.05, 0) is 55.2 Å². The van der Waals surface area contributed by atoms with Gasteiger partial charge in [0.15, 0.2) is 0 Å². The summed E-state index contributed by atoms with van der Waals surface area (Å²) in [6.45, 7) is 5.01. The number of benzene rings is 2. The third kappa shape index (κ3) is 4.52. The molecule has 0 heterocycles. The van der Waals surface area contributed by atoms with Crippen molar-refractivity contribution in [3.63, 3.8) is 0 Å². The first-order valence-corrected chi connectivity index (χ1v) is 7.53. The van der Waals surface area contributed by atoms with E-state index in [1.54, 1.807) is 0 Å². The number of hydrogen-bond acceptors (Lipinski definition) is 1. The molecule has 3 heteroatoms. The van der Waals surface area contributed by atoms with E-state index in [0.29, 0.717) is 6.04 Å². The highest BCUT2D eigenvalue weighted by Gasteiger charge is 2.05. The van der Waals surface area contributed by atoms with Crippen molar-refractivity contribution >= 4 is 23.2 Å². The lowest BCUT2D eigenvalue weighted by Gasteiger charge is -2.14. The van der Waals surface area contributed by atoms with Crippen LogP contribution in [0, 0.1) is 6.92 Å². The van der Waals surface area contributed by atoms with E-state index in [9.17, 15) is 0 Å². The molecule has 0 bridgehead atoms. The van der Waals surface area contributed by atoms with E-state index in [4.69, 9.17) is 23.2 Å². The van der Waals surface area contributed by atoms with Gasteiger partial charge in [0.2, 0.25) is 0 Å². The van der Waals surface area contributed by atoms with Crippen molar-refractivity contribution in [2.45, 2.75) is 32.9 Å². The molecule has 0 saturated heterocycles. The van der Waals surface area contributed by atoms with E-state index in [0.717, 1.165) is 28.6 Å². The van der Waals surface area contributed by atoms with Crippen molar-refractivity contribution in [1.82, 2.24) is 5.32 Å². The van der Waals surface area contributed by atoms with Crippen molar-refractivity contribution in [2.75, 3.05) is 0 Å². The van der Waals surface area contributed by atoms with Crippen LogP contribution in [0.1, 0.15) is 23.6 Å². The quantitative estimate of drug-likeness (QED) is 0.817. The largest absolute Gasteiger partial charge is 0.310 e. The maximum absolute atomic E-state index is 6.13. The maximum atomic E-state index is 6.13. The molecule has 0 aromatic heterocycles. The van der Waals surface area contributed by atoms with Crippen LogP contribution in [0.25, 0.3) is 0 Å². The minimum atomic E-state index is 0.383. The van der Waals surface area contributed by atoms with Crippen molar-refractivity contribution in [2.24, 2.45) is 0 Å². The number of rotatable bonds is 5. The van der Waals surface area contributed by atoms with Gasteiger partial charge in [-0.3, -0.25) is 0 Å². The molecule has 0 spiro atoms. The predicted octanol–water partition coefficient (Wildman–Crippen LogP) is 5.02. The Hall–Kier alpha value is -1.02. The average molecular weight is 308 g/mol. The molecule has 0 radical (unpaired) electrons. The fourth-order valence-electron chi connectivity index (χ4n) is 2.13. The molecule has 0 fully saturated rings. The van der Waals surface area contributed by atoms with Crippen molar-refractivity contribution in [3.8, 4) is 0 Å². The first kappa shape index (κ1) is 15.4. The van der Waals surface area contributed by atoms with Crippen LogP contribution in [0.3, 0.4) is 0 Å². The van der Waals surface area contributed by atoms with Crippen molar-refractivity contribution in [3.05, 3.63) is 69.2 Å². The second kappa shape index (κ2) is 7.12. The first-order chi connectivity index (χ1) is 9.54. The van der Waals surface area contributed by atoms with E-state index in [-0.39, 0.29) is 0 Å². The molecule has 0 aliphatic carbocycles. The van der Waals surface area contributed by atoms with Crippen LogP contribution in [0.2, 0.25) is 10.0 Å². The molecule has 1 nitrogen and oxygen atoms in total. The Kier molecular flexibility index (Phi) is 5.47. The van der Waals surface area contributed by atoms with E-state index in [1.165, 1.54) is 11.1 Å². The van der Waals surface area contributed by atoms with Crippen LogP contribution < -0.4 is 5.32 Å². The molecule has 106 valence electrons. The van der Waals surface area contributed by atoms with Gasteiger partial charge >= 0.3 is 0 Å². The summed E-state index contributed by atoms with van der Waals surface area (Å²) in [7, 11) is 0. The summed E-state index contributed by atoms with van der Waals surface area (Å²) in [5.74, 6) is 0. The third-order valence-electron chi connectivity index (χ3n) is 3.32. The van der Waals surface area contributed by atoms with Crippen LogP contribution in [0.4, 0.5) is 0 Å². The third-order valence-corrected chi connectivity index (χ3v) is 3.96. The van der Waals surface area contributed by atoms with Gasteiger partial charge < -0.3 is 5.32 Å². The minimum absolute atomic E-state index is 0.383. The van der Waals surface area contributed by atoms with Gasteiger partial charge in [0.1, 0.15) is 0 Å². The summed E-state index contributed by atoms with van der Waals surface area (Å²) in [4.78, 5) is 0. The zero-order valence-electron chi connectivity index (χ0n) is 11.8. The lowest BCUT2D eigenvalue weighted by atomic mass is 10.1. The fourth-order valence-corrected chi connectivity index (χ4v) is 2.54. The summed E-state index contributed by atoms with van der Waals surface area (Å²) >= 11 is 12.1. The Labute approximate surface area is 130 Å². The van der Waals surface area contributed by atoms with Crippen LogP contribution >= 0.6 is 23.2 Å². The SMILES string of the molecule is Cc1ccc(CNC(C)Cc2cccc(Cl)c2)cc1Cl. The topological polar surface area (TPSA) is 12.0 Å². The monoisotopic (exact) mass is 307 g/mol. The second-order valence-electron chi connectivity index (χ2n) is 5.20. The summed E-state index contributed by atoms with van der Waals surface area (Å²) in [6, 6.07) is 14.6. The summed E-state index contributed by atoms with van der Waals surface area (Å²) in [5.41, 5.74) is 3.57. The highest BCUT2D eigenvalue weighted by atomic mass is 35.5. The Morgan fingerprint density at radius 2 is 1.85 bits per heavy atom. The van der Waals surface area contributed by atoms with Crippen molar-refractivity contribution in [1.29, 1.82) is 0 Å². The van der Waals surface area contributed by atoms with E-state index in [2.05, 4.69) is 30.4 Å². The molecule has 2 aromatic carbocycles. The van der Waals surface area contributed by atoms with Gasteiger partial charge in [0.25, 0.3) is 0 Å². The van der Waals surface area contributed by atoms with Gasteiger partial charge in [-0.2, -0.15) is 0 Å². The van der Waals surface area contributed by atoms with Crippen molar-refractivity contribution < 1.29 is 0 Å². The normalized spacial score (nSPS) is 12.4. The molecule has 20 heavy (non-hydrogen) atoms. The lowest BCUT2D eigenvalue weighted by molar-refractivity contribution is 0.545. The lowest BCUT2D eigenvalue weighted by Crippen LogP contribution is -2.27. The number of aryl methyl sites for hydroxylation is 1. The number of hydrogen-bond donors (Lipinski definition) is 1. The zero-order valence-corrected chi connectivity index (χ0v) is 13.3. The molecule has 1 unspecified atom stereocenters. The van der Waals surface area contributed by atoms with Gasteiger partial charge in [0, 0.05) is 22.6 Å². The summed E-state index contributed by atoms with van der Waals surface area (Å²) in [5, 5.41) is 5.13. The molecule has 0 aliphatic heterocycles. The first-order valence-electron chi connectivity index (χ1n) is 6.77.